The fourth-order valence-corrected chi connectivity index (χ4v) is 4.06. The average molecular weight is 302 g/mol. The molecule has 1 aromatic heterocycles. The molecule has 0 saturated carbocycles. The molecule has 0 radical (unpaired) electrons. The number of fused-ring (bicyclic) bond motifs is 1. The van der Waals surface area contributed by atoms with Gasteiger partial charge in [-0.05, 0) is 44.5 Å². The number of nitrogens with zero attached hydrogens (tertiary/aromatic N) is 1. The minimum absolute atomic E-state index is 0.0641. The van der Waals surface area contributed by atoms with Crippen LogP contribution >= 0.6 is 11.3 Å². The van der Waals surface area contributed by atoms with Gasteiger partial charge in [0, 0.05) is 22.3 Å². The first-order valence-corrected chi connectivity index (χ1v) is 8.29. The average Bonchev–Trinajstić information content (AvgIpc) is 2.77. The monoisotopic (exact) mass is 302 g/mol. The van der Waals surface area contributed by atoms with Gasteiger partial charge in [0.2, 0.25) is 0 Å². The molecule has 2 heterocycles. The van der Waals surface area contributed by atoms with Gasteiger partial charge >= 0.3 is 0 Å². The lowest BCUT2D eigenvalue weighted by Gasteiger charge is -2.35. The Balaban J connectivity index is 2.03. The van der Waals surface area contributed by atoms with Crippen LogP contribution in [0.1, 0.15) is 29.1 Å². The highest BCUT2D eigenvalue weighted by Crippen LogP contribution is 2.39. The molecule has 0 fully saturated rings. The van der Waals surface area contributed by atoms with Crippen molar-refractivity contribution in [3.63, 3.8) is 0 Å². The number of ether oxygens (including phenoxy) is 1. The molecule has 0 bridgehead atoms. The summed E-state index contributed by atoms with van der Waals surface area (Å²) in [6.07, 6.45) is 1.02. The maximum atomic E-state index is 6.34. The summed E-state index contributed by atoms with van der Waals surface area (Å²) in [5.74, 6) is 0.967. The molecular formula is C17H22N2OS. The van der Waals surface area contributed by atoms with Gasteiger partial charge in [-0.1, -0.05) is 12.1 Å². The van der Waals surface area contributed by atoms with E-state index in [4.69, 9.17) is 10.5 Å². The molecule has 3 rings (SSSR count). The van der Waals surface area contributed by atoms with E-state index in [0.29, 0.717) is 0 Å². The van der Waals surface area contributed by atoms with E-state index in [-0.39, 0.29) is 12.1 Å². The van der Waals surface area contributed by atoms with Crippen molar-refractivity contribution in [1.82, 2.24) is 0 Å². The van der Waals surface area contributed by atoms with Crippen LogP contribution in [0.15, 0.2) is 36.4 Å². The van der Waals surface area contributed by atoms with Crippen LogP contribution in [0.5, 0.6) is 5.75 Å². The Morgan fingerprint density at radius 1 is 1.24 bits per heavy atom. The summed E-state index contributed by atoms with van der Waals surface area (Å²) in [5, 5.41) is 0. The number of benzene rings is 1. The third kappa shape index (κ3) is 2.92. The van der Waals surface area contributed by atoms with E-state index in [2.05, 4.69) is 43.0 Å². The molecule has 2 unspecified atom stereocenters. The summed E-state index contributed by atoms with van der Waals surface area (Å²) in [5.41, 5.74) is 7.50. The van der Waals surface area contributed by atoms with Crippen LogP contribution in [0, 0.1) is 6.92 Å². The highest BCUT2D eigenvalue weighted by molar-refractivity contribution is 7.12. The maximum Gasteiger partial charge on any atom is 0.142 e. The first-order valence-electron chi connectivity index (χ1n) is 7.47. The Labute approximate surface area is 130 Å². The topological polar surface area (TPSA) is 38.5 Å². The fraction of sp³-hybridized carbons (Fsp3) is 0.412. The molecule has 0 aliphatic carbocycles. The maximum absolute atomic E-state index is 6.34. The fourth-order valence-electron chi connectivity index (χ4n) is 2.95. The standard InChI is InChI=1S/C17H22N2OS/c1-12-8-9-16(21-12)17(13(2)18)19-10-5-11-20-15-7-4-3-6-14(15)19/h3-4,6-9,13,17H,5,10-11,18H2,1-2H3. The zero-order chi connectivity index (χ0) is 14.8. The SMILES string of the molecule is Cc1ccc(C(C(C)N)N2CCCOc3ccccc32)s1. The first kappa shape index (κ1) is 14.4. The minimum Gasteiger partial charge on any atom is -0.491 e. The number of hydrogen-bond donors (Lipinski definition) is 1. The third-order valence-electron chi connectivity index (χ3n) is 3.86. The molecule has 2 aromatic rings. The number of rotatable bonds is 3. The minimum atomic E-state index is 0.0641. The second kappa shape index (κ2) is 6.08. The van der Waals surface area contributed by atoms with E-state index >= 15 is 0 Å². The largest absolute Gasteiger partial charge is 0.491 e. The smallest absolute Gasteiger partial charge is 0.142 e. The van der Waals surface area contributed by atoms with Crippen LogP contribution in [0.4, 0.5) is 5.69 Å². The van der Waals surface area contributed by atoms with E-state index in [9.17, 15) is 0 Å². The number of para-hydroxylation sites is 2. The first-order chi connectivity index (χ1) is 10.2. The summed E-state index contributed by atoms with van der Waals surface area (Å²) in [7, 11) is 0. The molecule has 1 aromatic carbocycles. The van der Waals surface area contributed by atoms with Crippen molar-refractivity contribution in [3.8, 4) is 5.75 Å². The number of aryl methyl sites for hydroxylation is 1. The van der Waals surface area contributed by atoms with Crippen molar-refractivity contribution >= 4 is 17.0 Å². The quantitative estimate of drug-likeness (QED) is 0.939. The molecule has 21 heavy (non-hydrogen) atoms. The highest BCUT2D eigenvalue weighted by atomic mass is 32.1. The van der Waals surface area contributed by atoms with Gasteiger partial charge in [-0.3, -0.25) is 0 Å². The van der Waals surface area contributed by atoms with Crippen molar-refractivity contribution < 1.29 is 4.74 Å². The molecule has 2 atom stereocenters. The summed E-state index contributed by atoms with van der Waals surface area (Å²) >= 11 is 1.84. The molecule has 1 aliphatic heterocycles. The Hall–Kier alpha value is -1.52. The van der Waals surface area contributed by atoms with Gasteiger partial charge in [0.25, 0.3) is 0 Å². The molecule has 2 N–H and O–H groups in total. The molecule has 112 valence electrons. The van der Waals surface area contributed by atoms with Crippen molar-refractivity contribution in [2.45, 2.75) is 32.4 Å². The summed E-state index contributed by atoms with van der Waals surface area (Å²) < 4.78 is 5.87. The van der Waals surface area contributed by atoms with Gasteiger partial charge in [0.05, 0.1) is 18.3 Å². The molecular weight excluding hydrogens is 280 g/mol. The zero-order valence-electron chi connectivity index (χ0n) is 12.6. The highest BCUT2D eigenvalue weighted by Gasteiger charge is 2.28. The number of nitrogens with two attached hydrogens (primary N) is 1. The Bertz CT molecular complexity index is 608. The third-order valence-corrected chi connectivity index (χ3v) is 4.93. The van der Waals surface area contributed by atoms with Gasteiger partial charge in [-0.15, -0.1) is 11.3 Å². The van der Waals surface area contributed by atoms with E-state index in [1.165, 1.54) is 9.75 Å². The van der Waals surface area contributed by atoms with E-state index in [0.717, 1.165) is 31.0 Å². The molecule has 3 nitrogen and oxygen atoms in total. The molecule has 1 aliphatic rings. The molecule has 0 saturated heterocycles. The Morgan fingerprint density at radius 2 is 2.05 bits per heavy atom. The van der Waals surface area contributed by atoms with Crippen LogP contribution in [0.25, 0.3) is 0 Å². The normalized spacial score (nSPS) is 17.6. The summed E-state index contributed by atoms with van der Waals surface area (Å²) in [4.78, 5) is 5.08. The predicted molar refractivity (Wildman–Crippen MR) is 89.3 cm³/mol. The lowest BCUT2D eigenvalue weighted by molar-refractivity contribution is 0.322. The molecule has 0 spiro atoms. The zero-order valence-corrected chi connectivity index (χ0v) is 13.4. The van der Waals surface area contributed by atoms with Crippen molar-refractivity contribution in [1.29, 1.82) is 0 Å². The second-order valence-corrected chi connectivity index (χ2v) is 6.93. The Kier molecular flexibility index (Phi) is 4.17. The van der Waals surface area contributed by atoms with Gasteiger partial charge in [-0.2, -0.15) is 0 Å². The van der Waals surface area contributed by atoms with Crippen LogP contribution in [-0.4, -0.2) is 19.2 Å². The van der Waals surface area contributed by atoms with Gasteiger partial charge in [0.1, 0.15) is 5.75 Å². The lowest BCUT2D eigenvalue weighted by Crippen LogP contribution is -2.39. The van der Waals surface area contributed by atoms with Crippen LogP contribution in [0.2, 0.25) is 0 Å². The van der Waals surface area contributed by atoms with Crippen LogP contribution < -0.4 is 15.4 Å². The van der Waals surface area contributed by atoms with Gasteiger partial charge in [0.15, 0.2) is 0 Å². The van der Waals surface area contributed by atoms with Crippen molar-refractivity contribution in [2.24, 2.45) is 5.73 Å². The van der Waals surface area contributed by atoms with E-state index < -0.39 is 0 Å². The molecule has 4 heteroatoms. The Morgan fingerprint density at radius 3 is 2.76 bits per heavy atom. The summed E-state index contributed by atoms with van der Waals surface area (Å²) in [6.45, 7) is 5.97. The number of hydrogen-bond acceptors (Lipinski definition) is 4. The predicted octanol–water partition coefficient (Wildman–Crippen LogP) is 3.73. The van der Waals surface area contributed by atoms with Crippen molar-refractivity contribution in [2.75, 3.05) is 18.1 Å². The van der Waals surface area contributed by atoms with Crippen LogP contribution in [-0.2, 0) is 0 Å². The van der Waals surface area contributed by atoms with Gasteiger partial charge < -0.3 is 15.4 Å². The van der Waals surface area contributed by atoms with Gasteiger partial charge in [-0.25, -0.2) is 0 Å². The van der Waals surface area contributed by atoms with E-state index in [1.807, 2.05) is 23.5 Å². The molecule has 0 amide bonds. The number of thiophene rings is 1. The lowest BCUT2D eigenvalue weighted by atomic mass is 10.1. The van der Waals surface area contributed by atoms with E-state index in [1.54, 1.807) is 0 Å². The second-order valence-electron chi connectivity index (χ2n) is 5.62. The summed E-state index contributed by atoms with van der Waals surface area (Å²) in [6, 6.07) is 12.9. The van der Waals surface area contributed by atoms with Crippen molar-refractivity contribution in [3.05, 3.63) is 46.2 Å². The van der Waals surface area contributed by atoms with Crippen LogP contribution in [0.3, 0.4) is 0 Å². The number of anilines is 1.